The zero-order chi connectivity index (χ0) is 21.3. The lowest BCUT2D eigenvalue weighted by molar-refractivity contribution is -0.142. The summed E-state index contributed by atoms with van der Waals surface area (Å²) in [6.07, 6.45) is 4.90. The standard InChI is InChI=1S/C19H16Cl2N4O3S2/c20-13-6-3-7-14(21)12(13)9-29-19-24-23-18(30-19)22-15(26)8-25-16(27)10-4-1-2-5-11(10)17(25)28/h1-3,6-7,10-11H,4-5,8-9H2,(H,22,23,26)/t10-,11-/m0/s1. The quantitative estimate of drug-likeness (QED) is 0.289. The second-order valence-electron chi connectivity index (χ2n) is 6.83. The number of hydrogen-bond donors (Lipinski definition) is 1. The van der Waals surface area contributed by atoms with Crippen molar-refractivity contribution in [1.29, 1.82) is 0 Å². The first-order valence-electron chi connectivity index (χ1n) is 9.13. The molecule has 1 aliphatic carbocycles. The Bertz CT molecular complexity index is 996. The van der Waals surface area contributed by atoms with Crippen LogP contribution in [0.25, 0.3) is 0 Å². The van der Waals surface area contributed by atoms with Gasteiger partial charge >= 0.3 is 0 Å². The predicted octanol–water partition coefficient (Wildman–Crippen LogP) is 4.03. The van der Waals surface area contributed by atoms with Crippen LogP contribution < -0.4 is 5.32 Å². The molecule has 0 bridgehead atoms. The van der Waals surface area contributed by atoms with E-state index >= 15 is 0 Å². The SMILES string of the molecule is O=C(CN1C(=O)[C@H]2CC=CC[C@@H]2C1=O)Nc1nnc(SCc2c(Cl)cccc2Cl)s1. The highest BCUT2D eigenvalue weighted by Crippen LogP contribution is 2.35. The van der Waals surface area contributed by atoms with Gasteiger partial charge in [0.05, 0.1) is 11.8 Å². The summed E-state index contributed by atoms with van der Waals surface area (Å²) in [7, 11) is 0. The minimum atomic E-state index is -0.481. The zero-order valence-electron chi connectivity index (χ0n) is 15.5. The van der Waals surface area contributed by atoms with Crippen LogP contribution in [-0.4, -0.2) is 39.4 Å². The molecule has 11 heteroatoms. The van der Waals surface area contributed by atoms with E-state index in [-0.39, 0.29) is 30.2 Å². The third kappa shape index (κ3) is 4.39. The van der Waals surface area contributed by atoms with E-state index in [2.05, 4.69) is 15.5 Å². The molecular formula is C19H16Cl2N4O3S2. The van der Waals surface area contributed by atoms with E-state index in [1.54, 1.807) is 18.2 Å². The average Bonchev–Trinajstić information content (AvgIpc) is 3.26. The summed E-state index contributed by atoms with van der Waals surface area (Å²) in [5, 5.41) is 12.0. The Morgan fingerprint density at radius 3 is 2.40 bits per heavy atom. The predicted molar refractivity (Wildman–Crippen MR) is 117 cm³/mol. The maximum atomic E-state index is 12.5. The van der Waals surface area contributed by atoms with Crippen LogP contribution in [0.2, 0.25) is 10.0 Å². The molecule has 1 fully saturated rings. The number of rotatable bonds is 6. The maximum Gasteiger partial charge on any atom is 0.246 e. The third-order valence-corrected chi connectivity index (χ3v) is 7.66. The first kappa shape index (κ1) is 21.3. The number of nitrogens with zero attached hydrogens (tertiary/aromatic N) is 3. The van der Waals surface area contributed by atoms with Crippen molar-refractivity contribution < 1.29 is 14.4 Å². The van der Waals surface area contributed by atoms with E-state index in [9.17, 15) is 14.4 Å². The topological polar surface area (TPSA) is 92.3 Å². The largest absolute Gasteiger partial charge is 0.299 e. The highest BCUT2D eigenvalue weighted by atomic mass is 35.5. The average molecular weight is 483 g/mol. The molecule has 30 heavy (non-hydrogen) atoms. The first-order chi connectivity index (χ1) is 14.4. The number of amides is 3. The van der Waals surface area contributed by atoms with Gasteiger partial charge in [-0.25, -0.2) is 0 Å². The fraction of sp³-hybridized carbons (Fsp3) is 0.316. The number of nitrogens with one attached hydrogen (secondary N) is 1. The Morgan fingerprint density at radius 1 is 1.13 bits per heavy atom. The van der Waals surface area contributed by atoms with Gasteiger partial charge in [0.1, 0.15) is 6.54 Å². The molecule has 0 radical (unpaired) electrons. The Balaban J connectivity index is 1.33. The molecule has 2 atom stereocenters. The molecule has 3 amide bonds. The fourth-order valence-corrected chi connectivity index (χ4v) is 5.96. The summed E-state index contributed by atoms with van der Waals surface area (Å²) in [4.78, 5) is 38.3. The fourth-order valence-electron chi connectivity index (χ4n) is 3.45. The van der Waals surface area contributed by atoms with E-state index in [0.29, 0.717) is 38.1 Å². The van der Waals surface area contributed by atoms with Gasteiger partial charge in [-0.2, -0.15) is 0 Å². The number of carbonyl (C=O) groups is 3. The lowest BCUT2D eigenvalue weighted by Crippen LogP contribution is -2.38. The molecule has 2 heterocycles. The summed E-state index contributed by atoms with van der Waals surface area (Å²) in [5.41, 5.74) is 0.800. The lowest BCUT2D eigenvalue weighted by Gasteiger charge is -2.14. The van der Waals surface area contributed by atoms with E-state index in [1.165, 1.54) is 23.1 Å². The van der Waals surface area contributed by atoms with E-state index in [0.717, 1.165) is 10.5 Å². The number of anilines is 1. The van der Waals surface area contributed by atoms with Crippen LogP contribution >= 0.6 is 46.3 Å². The molecule has 1 N–H and O–H groups in total. The first-order valence-corrected chi connectivity index (χ1v) is 11.7. The number of allylic oxidation sites excluding steroid dienone is 2. The lowest BCUT2D eigenvalue weighted by atomic mass is 9.85. The molecule has 1 aromatic heterocycles. The van der Waals surface area contributed by atoms with Crippen LogP contribution in [0.15, 0.2) is 34.7 Å². The summed E-state index contributed by atoms with van der Waals surface area (Å²) in [5.74, 6) is -1.24. The monoisotopic (exact) mass is 482 g/mol. The number of hydrogen-bond acceptors (Lipinski definition) is 7. The van der Waals surface area contributed by atoms with Crippen molar-refractivity contribution >= 4 is 69.2 Å². The number of aromatic nitrogens is 2. The smallest absolute Gasteiger partial charge is 0.246 e. The summed E-state index contributed by atoms with van der Waals surface area (Å²) < 4.78 is 0.631. The minimum Gasteiger partial charge on any atom is -0.299 e. The van der Waals surface area contributed by atoms with E-state index in [4.69, 9.17) is 23.2 Å². The van der Waals surface area contributed by atoms with Crippen molar-refractivity contribution in [3.63, 3.8) is 0 Å². The van der Waals surface area contributed by atoms with Crippen LogP contribution in [0.3, 0.4) is 0 Å². The highest BCUT2D eigenvalue weighted by Gasteiger charge is 2.47. The Labute approximate surface area is 190 Å². The molecule has 2 aromatic rings. The van der Waals surface area contributed by atoms with Crippen LogP contribution in [-0.2, 0) is 20.1 Å². The molecule has 1 aliphatic heterocycles. The van der Waals surface area contributed by atoms with Gasteiger partial charge in [0.25, 0.3) is 0 Å². The molecule has 7 nitrogen and oxygen atoms in total. The summed E-state index contributed by atoms with van der Waals surface area (Å²) in [6.45, 7) is -0.318. The van der Waals surface area contributed by atoms with Crippen molar-refractivity contribution in [2.45, 2.75) is 22.9 Å². The molecule has 0 unspecified atom stereocenters. The van der Waals surface area contributed by atoms with Crippen molar-refractivity contribution in [2.24, 2.45) is 11.8 Å². The molecule has 1 saturated heterocycles. The van der Waals surface area contributed by atoms with Gasteiger partial charge in [0, 0.05) is 15.8 Å². The van der Waals surface area contributed by atoms with Crippen LogP contribution in [0.4, 0.5) is 5.13 Å². The number of carbonyl (C=O) groups excluding carboxylic acids is 3. The van der Waals surface area contributed by atoms with Crippen LogP contribution in [0, 0.1) is 11.8 Å². The van der Waals surface area contributed by atoms with Gasteiger partial charge in [-0.15, -0.1) is 10.2 Å². The van der Waals surface area contributed by atoms with Gasteiger partial charge in [-0.05, 0) is 30.5 Å². The van der Waals surface area contributed by atoms with E-state index < -0.39 is 5.91 Å². The second kappa shape index (κ2) is 9.05. The van der Waals surface area contributed by atoms with Crippen molar-refractivity contribution in [3.8, 4) is 0 Å². The number of likely N-dealkylation sites (tertiary alicyclic amines) is 1. The molecular weight excluding hydrogens is 467 g/mol. The molecule has 1 aromatic carbocycles. The minimum absolute atomic E-state index is 0.283. The van der Waals surface area contributed by atoms with Crippen LogP contribution in [0.1, 0.15) is 18.4 Å². The molecule has 4 rings (SSSR count). The number of halogens is 2. The van der Waals surface area contributed by atoms with Crippen LogP contribution in [0.5, 0.6) is 0 Å². The number of fused-ring (bicyclic) bond motifs is 1. The molecule has 0 spiro atoms. The summed E-state index contributed by atoms with van der Waals surface area (Å²) >= 11 is 14.9. The number of imide groups is 1. The number of thioether (sulfide) groups is 1. The van der Waals surface area contributed by atoms with Gasteiger partial charge in [0.2, 0.25) is 22.9 Å². The van der Waals surface area contributed by atoms with E-state index in [1.807, 2.05) is 12.2 Å². The second-order valence-corrected chi connectivity index (χ2v) is 9.84. The van der Waals surface area contributed by atoms with Crippen molar-refractivity contribution in [3.05, 3.63) is 46.0 Å². The number of benzene rings is 1. The van der Waals surface area contributed by atoms with Gasteiger partial charge < -0.3 is 0 Å². The Morgan fingerprint density at radius 2 is 1.77 bits per heavy atom. The zero-order valence-corrected chi connectivity index (χ0v) is 18.7. The van der Waals surface area contributed by atoms with Gasteiger partial charge in [-0.3, -0.25) is 24.6 Å². The maximum absolute atomic E-state index is 12.5. The molecule has 0 saturated carbocycles. The third-order valence-electron chi connectivity index (χ3n) is 4.96. The van der Waals surface area contributed by atoms with Gasteiger partial charge in [0.15, 0.2) is 4.34 Å². The van der Waals surface area contributed by atoms with Crippen molar-refractivity contribution in [2.75, 3.05) is 11.9 Å². The highest BCUT2D eigenvalue weighted by molar-refractivity contribution is 8.00. The van der Waals surface area contributed by atoms with Gasteiger partial charge in [-0.1, -0.05) is 64.5 Å². The Hall–Kier alpha value is -1.94. The Kier molecular flexibility index (Phi) is 6.43. The summed E-state index contributed by atoms with van der Waals surface area (Å²) in [6, 6.07) is 5.31. The molecule has 2 aliphatic rings. The molecule has 156 valence electrons. The van der Waals surface area contributed by atoms with Crippen molar-refractivity contribution in [1.82, 2.24) is 15.1 Å². The normalized spacial score (nSPS) is 20.5.